The molecule has 5 nitrogen and oxygen atoms in total. The molecule has 0 bridgehead atoms. The van der Waals surface area contributed by atoms with Gasteiger partial charge in [-0.1, -0.05) is 24.3 Å². The zero-order chi connectivity index (χ0) is 19.3. The maximum Gasteiger partial charge on any atom is 0.325 e. The van der Waals surface area contributed by atoms with E-state index < -0.39 is 27.7 Å². The first kappa shape index (κ1) is 18.0. The van der Waals surface area contributed by atoms with Crippen molar-refractivity contribution in [2.75, 3.05) is 16.4 Å². The van der Waals surface area contributed by atoms with Crippen molar-refractivity contribution in [3.63, 3.8) is 0 Å². The van der Waals surface area contributed by atoms with Crippen LogP contribution < -0.4 is 4.90 Å². The molecule has 0 aliphatic carbocycles. The third-order valence-electron chi connectivity index (χ3n) is 5.26. The van der Waals surface area contributed by atoms with Gasteiger partial charge in [0.15, 0.2) is 9.84 Å². The maximum absolute atomic E-state index is 14.1. The summed E-state index contributed by atoms with van der Waals surface area (Å²) in [4.78, 5) is 16.3. The lowest BCUT2D eigenvalue weighted by Gasteiger charge is -2.23. The van der Waals surface area contributed by atoms with Crippen molar-refractivity contribution in [2.24, 2.45) is 0 Å². The van der Waals surface area contributed by atoms with Crippen molar-refractivity contribution in [3.8, 4) is 0 Å². The number of carbonyl (C=O) groups excluding carboxylic acids is 1. The number of carbonyl (C=O) groups is 1. The summed E-state index contributed by atoms with van der Waals surface area (Å²) in [5.41, 5.74) is 3.09. The molecule has 2 atom stereocenters. The molecule has 0 aromatic heterocycles. The van der Waals surface area contributed by atoms with Gasteiger partial charge >= 0.3 is 6.03 Å². The molecule has 2 fully saturated rings. The normalized spacial score (nSPS) is 23.7. The van der Waals surface area contributed by atoms with Gasteiger partial charge in [-0.25, -0.2) is 17.6 Å². The fourth-order valence-corrected chi connectivity index (χ4v) is 6.11. The monoisotopic (exact) mass is 388 g/mol. The van der Waals surface area contributed by atoms with Crippen LogP contribution >= 0.6 is 0 Å². The summed E-state index contributed by atoms with van der Waals surface area (Å²) in [5.74, 6) is -0.545. The first-order valence-corrected chi connectivity index (χ1v) is 10.7. The second-order valence-corrected chi connectivity index (χ2v) is 9.58. The van der Waals surface area contributed by atoms with Gasteiger partial charge in [0.2, 0.25) is 0 Å². The minimum atomic E-state index is -3.25. The predicted octanol–water partition coefficient (Wildman–Crippen LogP) is 3.05. The van der Waals surface area contributed by atoms with Crippen LogP contribution in [-0.2, 0) is 16.4 Å². The van der Waals surface area contributed by atoms with Crippen LogP contribution in [0.4, 0.5) is 14.9 Å². The van der Waals surface area contributed by atoms with E-state index in [1.54, 1.807) is 23.1 Å². The van der Waals surface area contributed by atoms with E-state index in [4.69, 9.17) is 0 Å². The predicted molar refractivity (Wildman–Crippen MR) is 102 cm³/mol. The molecule has 2 amide bonds. The van der Waals surface area contributed by atoms with E-state index >= 15 is 0 Å². The number of sulfone groups is 1. The summed E-state index contributed by atoms with van der Waals surface area (Å²) in [5, 5.41) is 0. The van der Waals surface area contributed by atoms with Crippen LogP contribution in [-0.4, -0.2) is 42.9 Å². The highest BCUT2D eigenvalue weighted by atomic mass is 32.2. The van der Waals surface area contributed by atoms with Gasteiger partial charge in [-0.15, -0.1) is 0 Å². The van der Waals surface area contributed by atoms with Crippen molar-refractivity contribution in [2.45, 2.75) is 32.5 Å². The summed E-state index contributed by atoms with van der Waals surface area (Å²) in [7, 11) is -3.25. The Bertz CT molecular complexity index is 1000. The first-order chi connectivity index (χ1) is 12.7. The molecule has 2 heterocycles. The van der Waals surface area contributed by atoms with Crippen molar-refractivity contribution in [1.82, 2.24) is 4.90 Å². The maximum atomic E-state index is 14.1. The Labute approximate surface area is 158 Å². The largest absolute Gasteiger partial charge is 0.325 e. The quantitative estimate of drug-likeness (QED) is 0.760. The van der Waals surface area contributed by atoms with Crippen molar-refractivity contribution in [3.05, 3.63) is 65.0 Å². The highest BCUT2D eigenvalue weighted by Crippen LogP contribution is 2.36. The third-order valence-corrected chi connectivity index (χ3v) is 6.96. The standard InChI is InChI=1S/C20H21FN2O3S/c1-13-7-14(2)9-16(8-13)23-19-12-27(25,26)11-18(19)22(20(23)24)10-15-5-3-4-6-17(15)21/h3-9,18-19H,10-12H2,1-2H3/t18-,19+/m1/s1. The number of halogens is 1. The Kier molecular flexibility index (Phi) is 4.22. The number of rotatable bonds is 3. The molecule has 2 aromatic carbocycles. The fraction of sp³-hybridized carbons (Fsp3) is 0.350. The summed E-state index contributed by atoms with van der Waals surface area (Å²) < 4.78 is 38.7. The number of benzene rings is 2. The average molecular weight is 388 g/mol. The summed E-state index contributed by atoms with van der Waals surface area (Å²) in [6.07, 6.45) is 0. The molecule has 4 rings (SSSR count). The number of nitrogens with zero attached hydrogens (tertiary/aromatic N) is 2. The molecule has 0 spiro atoms. The molecule has 0 saturated carbocycles. The van der Waals surface area contributed by atoms with Crippen LogP contribution in [0.3, 0.4) is 0 Å². The highest BCUT2D eigenvalue weighted by molar-refractivity contribution is 7.91. The van der Waals surface area contributed by atoms with Gasteiger partial charge < -0.3 is 4.90 Å². The van der Waals surface area contributed by atoms with E-state index in [0.717, 1.165) is 11.1 Å². The molecule has 2 aliphatic heterocycles. The number of aryl methyl sites for hydroxylation is 2. The molecule has 0 unspecified atom stereocenters. The molecule has 2 aromatic rings. The smallest absolute Gasteiger partial charge is 0.314 e. The van der Waals surface area contributed by atoms with Crippen LogP contribution in [0.5, 0.6) is 0 Å². The lowest BCUT2D eigenvalue weighted by Crippen LogP contribution is -2.37. The molecule has 7 heteroatoms. The molecule has 0 radical (unpaired) electrons. The highest BCUT2D eigenvalue weighted by Gasteiger charge is 2.53. The van der Waals surface area contributed by atoms with Crippen molar-refractivity contribution >= 4 is 21.6 Å². The lowest BCUT2D eigenvalue weighted by atomic mass is 10.1. The average Bonchev–Trinajstić information content (AvgIpc) is 2.99. The molecular formula is C20H21FN2O3S. The van der Waals surface area contributed by atoms with Gasteiger partial charge in [0.05, 0.1) is 30.1 Å². The molecule has 0 N–H and O–H groups in total. The molecule has 142 valence electrons. The van der Waals surface area contributed by atoms with Gasteiger partial charge in [0.25, 0.3) is 0 Å². The molecular weight excluding hydrogens is 367 g/mol. The van der Waals surface area contributed by atoms with Crippen LogP contribution in [0, 0.1) is 19.7 Å². The van der Waals surface area contributed by atoms with Crippen LogP contribution in [0.15, 0.2) is 42.5 Å². The van der Waals surface area contributed by atoms with E-state index in [1.807, 2.05) is 32.0 Å². The third kappa shape index (κ3) is 3.20. The molecule has 27 heavy (non-hydrogen) atoms. The zero-order valence-corrected chi connectivity index (χ0v) is 16.0. The first-order valence-electron chi connectivity index (χ1n) is 8.87. The number of hydrogen-bond acceptors (Lipinski definition) is 3. The molecule has 2 aliphatic rings. The summed E-state index contributed by atoms with van der Waals surface area (Å²) >= 11 is 0. The van der Waals surface area contributed by atoms with Crippen LogP contribution in [0.25, 0.3) is 0 Å². The SMILES string of the molecule is Cc1cc(C)cc(N2C(=O)N(Cc3ccccc3F)[C@@H]3CS(=O)(=O)C[C@@H]32)c1. The zero-order valence-electron chi connectivity index (χ0n) is 15.2. The van der Waals surface area contributed by atoms with E-state index in [0.29, 0.717) is 11.3 Å². The minimum absolute atomic E-state index is 0.0590. The molecule has 2 saturated heterocycles. The van der Waals surface area contributed by atoms with Gasteiger partial charge in [-0.3, -0.25) is 4.90 Å². The van der Waals surface area contributed by atoms with Crippen LogP contribution in [0.2, 0.25) is 0 Å². The van der Waals surface area contributed by atoms with E-state index in [9.17, 15) is 17.6 Å². The number of amides is 2. The van der Waals surface area contributed by atoms with Gasteiger partial charge in [-0.05, 0) is 43.2 Å². The van der Waals surface area contributed by atoms with Gasteiger partial charge in [-0.2, -0.15) is 0 Å². The number of hydrogen-bond donors (Lipinski definition) is 0. The number of fused-ring (bicyclic) bond motifs is 1. The van der Waals surface area contributed by atoms with E-state index in [2.05, 4.69) is 0 Å². The van der Waals surface area contributed by atoms with E-state index in [-0.39, 0.29) is 24.1 Å². The van der Waals surface area contributed by atoms with Gasteiger partial charge in [0, 0.05) is 11.3 Å². The van der Waals surface area contributed by atoms with Gasteiger partial charge in [0.1, 0.15) is 5.82 Å². The Balaban J connectivity index is 1.75. The second kappa shape index (κ2) is 6.34. The van der Waals surface area contributed by atoms with Crippen molar-refractivity contribution in [1.29, 1.82) is 0 Å². The van der Waals surface area contributed by atoms with Crippen LogP contribution in [0.1, 0.15) is 16.7 Å². The minimum Gasteiger partial charge on any atom is -0.314 e. The topological polar surface area (TPSA) is 57.7 Å². The summed E-state index contributed by atoms with van der Waals surface area (Å²) in [6.45, 7) is 3.94. The van der Waals surface area contributed by atoms with Crippen molar-refractivity contribution < 1.29 is 17.6 Å². The van der Waals surface area contributed by atoms with E-state index in [1.165, 1.54) is 11.0 Å². The number of urea groups is 1. The Morgan fingerprint density at radius 2 is 1.67 bits per heavy atom. The Morgan fingerprint density at radius 3 is 2.33 bits per heavy atom. The fourth-order valence-electron chi connectivity index (χ4n) is 4.16. The summed E-state index contributed by atoms with van der Waals surface area (Å²) in [6, 6.07) is 10.9. The lowest BCUT2D eigenvalue weighted by molar-refractivity contribution is 0.205. The second-order valence-electron chi connectivity index (χ2n) is 7.43. The Morgan fingerprint density at radius 1 is 1.04 bits per heavy atom. The number of anilines is 1. The Hall–Kier alpha value is -2.41.